The molecular weight excluding hydrogens is 272 g/mol. The first-order valence-electron chi connectivity index (χ1n) is 6.69. The molecule has 1 aromatic rings. The molecule has 0 aliphatic heterocycles. The van der Waals surface area contributed by atoms with Crippen molar-refractivity contribution < 1.29 is 19.4 Å². The van der Waals surface area contributed by atoms with Gasteiger partial charge in [0.15, 0.2) is 0 Å². The highest BCUT2D eigenvalue weighted by molar-refractivity contribution is 5.96. The van der Waals surface area contributed by atoms with E-state index in [0.29, 0.717) is 5.69 Å². The summed E-state index contributed by atoms with van der Waals surface area (Å²) in [6, 6.07) is 6.16. The van der Waals surface area contributed by atoms with Crippen molar-refractivity contribution in [3.8, 4) is 0 Å². The average Bonchev–Trinajstić information content (AvgIpc) is 2.33. The van der Waals surface area contributed by atoms with Gasteiger partial charge in [-0.25, -0.2) is 4.79 Å². The monoisotopic (exact) mass is 294 g/mol. The minimum absolute atomic E-state index is 0.506. The quantitative estimate of drug-likeness (QED) is 0.790. The predicted molar refractivity (Wildman–Crippen MR) is 80.1 cm³/mol. The number of nitrogens with one attached hydrogen (secondary N) is 2. The Kier molecular flexibility index (Phi) is 5.72. The number of hydrogen-bond donors (Lipinski definition) is 3. The van der Waals surface area contributed by atoms with E-state index in [1.807, 2.05) is 13.0 Å². The average molecular weight is 294 g/mol. The number of carbonyl (C=O) groups is 2. The molecule has 0 heterocycles. The maximum absolute atomic E-state index is 12.0. The highest BCUT2D eigenvalue weighted by Gasteiger charge is 2.23. The molecule has 116 valence electrons. The normalized spacial score (nSPS) is 12.4. The van der Waals surface area contributed by atoms with E-state index in [1.165, 1.54) is 0 Å². The molecule has 21 heavy (non-hydrogen) atoms. The lowest BCUT2D eigenvalue weighted by molar-refractivity contribution is -0.119. The molecule has 3 N–H and O–H groups in total. The van der Waals surface area contributed by atoms with Crippen molar-refractivity contribution in [3.63, 3.8) is 0 Å². The number of carbonyl (C=O) groups excluding carboxylic acids is 2. The Morgan fingerprint density at radius 1 is 1.33 bits per heavy atom. The number of aliphatic hydroxyl groups excluding tert-OH is 1. The zero-order valence-corrected chi connectivity index (χ0v) is 12.8. The van der Waals surface area contributed by atoms with Gasteiger partial charge in [-0.05, 0) is 45.4 Å². The molecule has 1 rings (SSSR count). The molecule has 0 bridgehead atoms. The van der Waals surface area contributed by atoms with Gasteiger partial charge in [-0.3, -0.25) is 4.79 Å². The van der Waals surface area contributed by atoms with Crippen molar-refractivity contribution in [2.75, 3.05) is 11.9 Å². The van der Waals surface area contributed by atoms with Crippen molar-refractivity contribution >= 4 is 17.7 Å². The van der Waals surface area contributed by atoms with Gasteiger partial charge in [0.25, 0.3) is 0 Å². The van der Waals surface area contributed by atoms with Crippen LogP contribution in [0.1, 0.15) is 26.3 Å². The Morgan fingerprint density at radius 2 is 2.00 bits per heavy atom. The number of hydrogen-bond acceptors (Lipinski definition) is 4. The predicted octanol–water partition coefficient (Wildman–Crippen LogP) is 1.82. The first-order valence-corrected chi connectivity index (χ1v) is 6.69. The number of amides is 2. The fraction of sp³-hybridized carbons (Fsp3) is 0.467. The fourth-order valence-corrected chi connectivity index (χ4v) is 1.60. The Bertz CT molecular complexity index is 509. The molecule has 0 aliphatic rings. The SMILES string of the molecule is Cc1cccc(NC(=O)[C@@H](CO)NC(=O)OC(C)(C)C)c1. The summed E-state index contributed by atoms with van der Waals surface area (Å²) in [5.74, 6) is -0.506. The van der Waals surface area contributed by atoms with Crippen LogP contribution in [0.2, 0.25) is 0 Å². The summed E-state index contributed by atoms with van der Waals surface area (Å²) in [6.07, 6.45) is -0.749. The van der Waals surface area contributed by atoms with E-state index in [1.54, 1.807) is 39.0 Å². The van der Waals surface area contributed by atoms with Gasteiger partial charge in [-0.15, -0.1) is 0 Å². The summed E-state index contributed by atoms with van der Waals surface area (Å²) in [5, 5.41) is 14.2. The number of benzene rings is 1. The Balaban J connectivity index is 2.63. The standard InChI is InChI=1S/C15H22N2O4/c1-10-6-5-7-11(8-10)16-13(19)12(9-18)17-14(20)21-15(2,3)4/h5-8,12,18H,9H2,1-4H3,(H,16,19)(H,17,20)/t12-/m1/s1. The van der Waals surface area contributed by atoms with Crippen LogP contribution in [0.5, 0.6) is 0 Å². The van der Waals surface area contributed by atoms with E-state index in [2.05, 4.69) is 10.6 Å². The first-order chi connectivity index (χ1) is 9.71. The van der Waals surface area contributed by atoms with E-state index in [-0.39, 0.29) is 0 Å². The van der Waals surface area contributed by atoms with Crippen LogP contribution in [0, 0.1) is 6.92 Å². The Hall–Kier alpha value is -2.08. The first kappa shape index (κ1) is 17.0. The molecular formula is C15H22N2O4. The van der Waals surface area contributed by atoms with Crippen LogP contribution in [-0.2, 0) is 9.53 Å². The van der Waals surface area contributed by atoms with Crippen LogP contribution in [-0.4, -0.2) is 35.4 Å². The Morgan fingerprint density at radius 3 is 2.52 bits per heavy atom. The van der Waals surface area contributed by atoms with Crippen LogP contribution in [0.4, 0.5) is 10.5 Å². The second-order valence-corrected chi connectivity index (χ2v) is 5.74. The van der Waals surface area contributed by atoms with E-state index >= 15 is 0 Å². The van der Waals surface area contributed by atoms with Gasteiger partial charge in [0.1, 0.15) is 11.6 Å². The van der Waals surface area contributed by atoms with Crippen LogP contribution < -0.4 is 10.6 Å². The molecule has 0 aromatic heterocycles. The van der Waals surface area contributed by atoms with Gasteiger partial charge in [0.05, 0.1) is 6.61 Å². The Labute approximate surface area is 124 Å². The summed E-state index contributed by atoms with van der Waals surface area (Å²) >= 11 is 0. The van der Waals surface area contributed by atoms with Crippen LogP contribution >= 0.6 is 0 Å². The lowest BCUT2D eigenvalue weighted by atomic mass is 10.2. The minimum atomic E-state index is -1.07. The van der Waals surface area contributed by atoms with Crippen molar-refractivity contribution in [1.29, 1.82) is 0 Å². The second kappa shape index (κ2) is 7.08. The number of anilines is 1. The molecule has 0 radical (unpaired) electrons. The zero-order chi connectivity index (χ0) is 16.0. The van der Waals surface area contributed by atoms with Gasteiger partial charge in [-0.1, -0.05) is 12.1 Å². The summed E-state index contributed by atoms with van der Waals surface area (Å²) in [4.78, 5) is 23.6. The lowest BCUT2D eigenvalue weighted by Crippen LogP contribution is -2.47. The van der Waals surface area contributed by atoms with Crippen LogP contribution in [0.3, 0.4) is 0 Å². The molecule has 0 saturated heterocycles. The summed E-state index contributed by atoms with van der Waals surface area (Å²) in [7, 11) is 0. The van der Waals surface area contributed by atoms with Crippen LogP contribution in [0.25, 0.3) is 0 Å². The third-order valence-electron chi connectivity index (χ3n) is 2.48. The van der Waals surface area contributed by atoms with E-state index in [9.17, 15) is 14.7 Å². The summed E-state index contributed by atoms with van der Waals surface area (Å²) in [5.41, 5.74) is 0.926. The smallest absolute Gasteiger partial charge is 0.408 e. The van der Waals surface area contributed by atoms with E-state index in [4.69, 9.17) is 4.74 Å². The van der Waals surface area contributed by atoms with Crippen LogP contribution in [0.15, 0.2) is 24.3 Å². The van der Waals surface area contributed by atoms with Gasteiger partial charge in [0.2, 0.25) is 5.91 Å². The van der Waals surface area contributed by atoms with Crippen molar-refractivity contribution in [3.05, 3.63) is 29.8 Å². The molecule has 2 amide bonds. The zero-order valence-electron chi connectivity index (χ0n) is 12.8. The fourth-order valence-electron chi connectivity index (χ4n) is 1.60. The maximum Gasteiger partial charge on any atom is 0.408 e. The van der Waals surface area contributed by atoms with E-state index in [0.717, 1.165) is 5.56 Å². The second-order valence-electron chi connectivity index (χ2n) is 5.74. The summed E-state index contributed by atoms with van der Waals surface area (Å²) < 4.78 is 5.05. The number of rotatable bonds is 4. The molecule has 0 saturated carbocycles. The minimum Gasteiger partial charge on any atom is -0.444 e. The molecule has 6 heteroatoms. The van der Waals surface area contributed by atoms with Crippen molar-refractivity contribution in [1.82, 2.24) is 5.32 Å². The highest BCUT2D eigenvalue weighted by Crippen LogP contribution is 2.10. The third kappa shape index (κ3) is 6.27. The molecule has 0 spiro atoms. The maximum atomic E-state index is 12.0. The van der Waals surface area contributed by atoms with Gasteiger partial charge < -0.3 is 20.5 Å². The van der Waals surface area contributed by atoms with Crippen molar-refractivity contribution in [2.45, 2.75) is 39.3 Å². The van der Waals surface area contributed by atoms with Crippen molar-refractivity contribution in [2.24, 2.45) is 0 Å². The van der Waals surface area contributed by atoms with Gasteiger partial charge >= 0.3 is 6.09 Å². The number of aryl methyl sites for hydroxylation is 1. The van der Waals surface area contributed by atoms with Gasteiger partial charge in [0, 0.05) is 5.69 Å². The topological polar surface area (TPSA) is 87.7 Å². The highest BCUT2D eigenvalue weighted by atomic mass is 16.6. The molecule has 0 unspecified atom stereocenters. The number of alkyl carbamates (subject to hydrolysis) is 1. The van der Waals surface area contributed by atoms with E-state index < -0.39 is 30.3 Å². The number of aliphatic hydroxyl groups is 1. The molecule has 0 fully saturated rings. The van der Waals surface area contributed by atoms with Gasteiger partial charge in [-0.2, -0.15) is 0 Å². The molecule has 6 nitrogen and oxygen atoms in total. The molecule has 0 aliphatic carbocycles. The molecule has 1 aromatic carbocycles. The number of ether oxygens (including phenoxy) is 1. The lowest BCUT2D eigenvalue weighted by Gasteiger charge is -2.22. The third-order valence-corrected chi connectivity index (χ3v) is 2.48. The molecule has 1 atom stereocenters. The summed E-state index contributed by atoms with van der Waals surface area (Å²) in [6.45, 7) is 6.53. The largest absolute Gasteiger partial charge is 0.444 e.